The van der Waals surface area contributed by atoms with Crippen molar-refractivity contribution in [3.8, 4) is 0 Å². The molecule has 0 atom stereocenters. The third-order valence-electron chi connectivity index (χ3n) is 2.36. The average molecular weight is 276 g/mol. The Hall–Kier alpha value is -1.76. The van der Waals surface area contributed by atoms with E-state index in [1.54, 1.807) is 6.92 Å². The molecule has 1 aromatic rings. The Labute approximate surface area is 108 Å². The van der Waals surface area contributed by atoms with Gasteiger partial charge in [-0.05, 0) is 25.1 Å². The summed E-state index contributed by atoms with van der Waals surface area (Å²) in [4.78, 5) is 11.7. The number of hydrogen-bond donors (Lipinski definition) is 2. The van der Waals surface area contributed by atoms with E-state index in [1.807, 2.05) is 0 Å². The molecular formula is C12H15F3N2O2. The van der Waals surface area contributed by atoms with Crippen LogP contribution in [0.3, 0.4) is 0 Å². The molecule has 0 aliphatic carbocycles. The summed E-state index contributed by atoms with van der Waals surface area (Å²) in [7, 11) is 0. The molecule has 7 heteroatoms. The topological polar surface area (TPSA) is 64.3 Å². The number of carbonyl (C=O) groups is 1. The zero-order valence-electron chi connectivity index (χ0n) is 10.4. The number of alkyl halides is 3. The highest BCUT2D eigenvalue weighted by Crippen LogP contribution is 2.31. The van der Waals surface area contributed by atoms with Crippen LogP contribution in [0.1, 0.15) is 22.8 Å². The van der Waals surface area contributed by atoms with Gasteiger partial charge in [0.1, 0.15) is 0 Å². The quantitative estimate of drug-likeness (QED) is 0.639. The maximum atomic E-state index is 12.5. The minimum Gasteiger partial charge on any atom is -0.398 e. The van der Waals surface area contributed by atoms with Crippen LogP contribution in [0.2, 0.25) is 0 Å². The fourth-order valence-electron chi connectivity index (χ4n) is 1.41. The Balaban J connectivity index is 2.78. The molecule has 0 spiro atoms. The molecule has 1 aromatic carbocycles. The monoisotopic (exact) mass is 276 g/mol. The van der Waals surface area contributed by atoms with E-state index in [9.17, 15) is 18.0 Å². The number of ether oxygens (including phenoxy) is 1. The number of benzene rings is 1. The Morgan fingerprint density at radius 2 is 2.11 bits per heavy atom. The Kier molecular flexibility index (Phi) is 5.17. The van der Waals surface area contributed by atoms with E-state index in [-0.39, 0.29) is 17.8 Å². The van der Waals surface area contributed by atoms with Crippen molar-refractivity contribution >= 4 is 11.6 Å². The standard InChI is InChI=1S/C12H15F3N2O2/c1-2-19-6-5-17-11(18)9-7-8(12(13,14)15)3-4-10(9)16/h3-4,7H,2,5-6,16H2,1H3,(H,17,18). The van der Waals surface area contributed by atoms with Gasteiger partial charge in [0.15, 0.2) is 0 Å². The van der Waals surface area contributed by atoms with Gasteiger partial charge in [0.2, 0.25) is 0 Å². The third-order valence-corrected chi connectivity index (χ3v) is 2.36. The van der Waals surface area contributed by atoms with Crippen molar-refractivity contribution in [2.75, 3.05) is 25.5 Å². The van der Waals surface area contributed by atoms with E-state index in [0.29, 0.717) is 13.2 Å². The second-order valence-corrected chi connectivity index (χ2v) is 3.75. The van der Waals surface area contributed by atoms with Crippen LogP contribution in [-0.4, -0.2) is 25.7 Å². The number of anilines is 1. The molecule has 106 valence electrons. The molecule has 0 saturated heterocycles. The first-order valence-electron chi connectivity index (χ1n) is 5.69. The van der Waals surface area contributed by atoms with Gasteiger partial charge in [-0.15, -0.1) is 0 Å². The normalized spacial score (nSPS) is 11.4. The lowest BCUT2D eigenvalue weighted by atomic mass is 10.1. The number of hydrogen-bond acceptors (Lipinski definition) is 3. The molecule has 1 rings (SSSR count). The number of carbonyl (C=O) groups excluding carboxylic acids is 1. The van der Waals surface area contributed by atoms with Gasteiger partial charge in [0.25, 0.3) is 5.91 Å². The summed E-state index contributed by atoms with van der Waals surface area (Å²) in [6.45, 7) is 2.80. The van der Waals surface area contributed by atoms with Crippen molar-refractivity contribution in [1.29, 1.82) is 0 Å². The predicted molar refractivity (Wildman–Crippen MR) is 64.7 cm³/mol. The van der Waals surface area contributed by atoms with Gasteiger partial charge in [0, 0.05) is 18.8 Å². The molecule has 4 nitrogen and oxygen atoms in total. The molecule has 0 unspecified atom stereocenters. The molecule has 0 aliphatic rings. The number of nitrogen functional groups attached to an aromatic ring is 1. The van der Waals surface area contributed by atoms with Crippen molar-refractivity contribution in [3.63, 3.8) is 0 Å². The van der Waals surface area contributed by atoms with Crippen molar-refractivity contribution in [2.45, 2.75) is 13.1 Å². The van der Waals surface area contributed by atoms with Gasteiger partial charge < -0.3 is 15.8 Å². The molecular weight excluding hydrogens is 261 g/mol. The smallest absolute Gasteiger partial charge is 0.398 e. The zero-order chi connectivity index (χ0) is 14.5. The minimum absolute atomic E-state index is 0.00177. The van der Waals surface area contributed by atoms with Gasteiger partial charge >= 0.3 is 6.18 Å². The first kappa shape index (κ1) is 15.3. The Morgan fingerprint density at radius 1 is 1.42 bits per heavy atom. The summed E-state index contributed by atoms with van der Waals surface area (Å²) < 4.78 is 42.6. The molecule has 0 saturated carbocycles. The van der Waals surface area contributed by atoms with E-state index >= 15 is 0 Å². The van der Waals surface area contributed by atoms with Crippen molar-refractivity contribution in [1.82, 2.24) is 5.32 Å². The molecule has 0 fully saturated rings. The molecule has 3 N–H and O–H groups in total. The first-order chi connectivity index (χ1) is 8.86. The summed E-state index contributed by atoms with van der Waals surface area (Å²) in [5, 5.41) is 2.44. The van der Waals surface area contributed by atoms with Gasteiger partial charge in [0.05, 0.1) is 17.7 Å². The van der Waals surface area contributed by atoms with Crippen molar-refractivity contribution in [3.05, 3.63) is 29.3 Å². The zero-order valence-corrected chi connectivity index (χ0v) is 10.4. The van der Waals surface area contributed by atoms with Crippen LogP contribution < -0.4 is 11.1 Å². The SMILES string of the molecule is CCOCCNC(=O)c1cc(C(F)(F)F)ccc1N. The first-order valence-corrected chi connectivity index (χ1v) is 5.69. The van der Waals surface area contributed by atoms with Crippen molar-refractivity contribution in [2.24, 2.45) is 0 Å². The Bertz CT molecular complexity index is 447. The lowest BCUT2D eigenvalue weighted by Gasteiger charge is -2.11. The van der Waals surface area contributed by atoms with Gasteiger partial charge in [-0.2, -0.15) is 13.2 Å². The highest BCUT2D eigenvalue weighted by molar-refractivity contribution is 5.99. The molecule has 19 heavy (non-hydrogen) atoms. The highest BCUT2D eigenvalue weighted by atomic mass is 19.4. The van der Waals surface area contributed by atoms with Crippen LogP contribution in [0.5, 0.6) is 0 Å². The fraction of sp³-hybridized carbons (Fsp3) is 0.417. The molecule has 0 bridgehead atoms. The van der Waals surface area contributed by atoms with Crippen molar-refractivity contribution < 1.29 is 22.7 Å². The second kappa shape index (κ2) is 6.42. The maximum Gasteiger partial charge on any atom is 0.416 e. The molecule has 1 amide bonds. The fourth-order valence-corrected chi connectivity index (χ4v) is 1.41. The Morgan fingerprint density at radius 3 is 2.68 bits per heavy atom. The van der Waals surface area contributed by atoms with Gasteiger partial charge in [-0.1, -0.05) is 0 Å². The number of amides is 1. The van der Waals surface area contributed by atoms with E-state index in [0.717, 1.165) is 18.2 Å². The van der Waals surface area contributed by atoms with Gasteiger partial charge in [-0.25, -0.2) is 0 Å². The van der Waals surface area contributed by atoms with E-state index in [2.05, 4.69) is 5.32 Å². The predicted octanol–water partition coefficient (Wildman–Crippen LogP) is 2.05. The number of nitrogens with two attached hydrogens (primary N) is 1. The van der Waals surface area contributed by atoms with Gasteiger partial charge in [-0.3, -0.25) is 4.79 Å². The summed E-state index contributed by atoms with van der Waals surface area (Å²) in [5.74, 6) is -0.650. The van der Waals surface area contributed by atoms with Crippen LogP contribution in [-0.2, 0) is 10.9 Å². The van der Waals surface area contributed by atoms with E-state index in [1.165, 1.54) is 0 Å². The minimum atomic E-state index is -4.51. The van der Waals surface area contributed by atoms with Crippen LogP contribution >= 0.6 is 0 Å². The molecule has 0 aliphatic heterocycles. The number of nitrogens with one attached hydrogen (secondary N) is 1. The third kappa shape index (κ3) is 4.44. The molecule has 0 radical (unpaired) electrons. The highest BCUT2D eigenvalue weighted by Gasteiger charge is 2.31. The van der Waals surface area contributed by atoms with Crippen LogP contribution in [0, 0.1) is 0 Å². The summed E-state index contributed by atoms with van der Waals surface area (Å²) in [6.07, 6.45) is -4.51. The second-order valence-electron chi connectivity index (χ2n) is 3.75. The number of halogens is 3. The lowest BCUT2D eigenvalue weighted by Crippen LogP contribution is -2.28. The van der Waals surface area contributed by atoms with Crippen LogP contribution in [0.15, 0.2) is 18.2 Å². The number of rotatable bonds is 5. The molecule has 0 aromatic heterocycles. The van der Waals surface area contributed by atoms with E-state index in [4.69, 9.17) is 10.5 Å². The lowest BCUT2D eigenvalue weighted by molar-refractivity contribution is -0.137. The summed E-state index contributed by atoms with van der Waals surface area (Å²) in [5.41, 5.74) is 4.41. The molecule has 0 heterocycles. The van der Waals surface area contributed by atoms with Crippen LogP contribution in [0.4, 0.5) is 18.9 Å². The van der Waals surface area contributed by atoms with Crippen LogP contribution in [0.25, 0.3) is 0 Å². The summed E-state index contributed by atoms with van der Waals surface area (Å²) in [6, 6.07) is 2.65. The summed E-state index contributed by atoms with van der Waals surface area (Å²) >= 11 is 0. The average Bonchev–Trinajstić information content (AvgIpc) is 2.33. The maximum absolute atomic E-state index is 12.5. The largest absolute Gasteiger partial charge is 0.416 e. The van der Waals surface area contributed by atoms with E-state index < -0.39 is 17.6 Å².